The number of carbonyl (C=O) groups excluding carboxylic acids is 11. The number of primary amides is 1. The number of benzene rings is 2. The van der Waals surface area contributed by atoms with E-state index in [0.29, 0.717) is 17.2 Å². The molecule has 0 saturated heterocycles. The van der Waals surface area contributed by atoms with Gasteiger partial charge in [-0.15, -0.1) is 0 Å². The number of hydrogen-bond donors (Lipinski definition) is 12. The topological polar surface area (TPSA) is 572 Å². The van der Waals surface area contributed by atoms with E-state index in [1.54, 1.807) is 32.4 Å². The summed E-state index contributed by atoms with van der Waals surface area (Å²) in [6.07, 6.45) is 0. The molecule has 0 fully saturated rings. The first kappa shape index (κ1) is 110. The van der Waals surface area contributed by atoms with Crippen LogP contribution in [0.5, 0.6) is 17.2 Å². The third kappa shape index (κ3) is 70.2. The molecule has 0 aliphatic carbocycles. The van der Waals surface area contributed by atoms with E-state index in [-0.39, 0.29) is 395 Å². The molecule has 0 aliphatic rings. The van der Waals surface area contributed by atoms with Crippen molar-refractivity contribution in [3.8, 4) is 17.2 Å². The van der Waals surface area contributed by atoms with Gasteiger partial charge in [0.05, 0.1) is 218 Å². The Balaban J connectivity index is 1.21. The Bertz CT molecular complexity index is 3100. The summed E-state index contributed by atoms with van der Waals surface area (Å²) in [6.45, 7) is 6.68. The molecule has 0 spiro atoms. The number of nitrogens with one attached hydrogen (secondary N) is 10. The normalized spacial score (nSPS) is 11.3. The van der Waals surface area contributed by atoms with Crippen molar-refractivity contribution in [2.45, 2.75) is 6.04 Å². The van der Waals surface area contributed by atoms with Crippen LogP contribution in [0, 0.1) is 0 Å². The van der Waals surface area contributed by atoms with Crippen LogP contribution in [0.25, 0.3) is 0 Å². The van der Waals surface area contributed by atoms with Crippen molar-refractivity contribution in [1.29, 1.82) is 0 Å². The van der Waals surface area contributed by atoms with Crippen LogP contribution in [0.2, 0.25) is 0 Å². The first-order chi connectivity index (χ1) is 60.0. The van der Waals surface area contributed by atoms with E-state index in [9.17, 15) is 52.7 Å². The largest absolute Gasteiger partial charge is 0.497 e. The molecule has 0 bridgehead atoms. The van der Waals surface area contributed by atoms with Crippen molar-refractivity contribution >= 4 is 65.0 Å². The van der Waals surface area contributed by atoms with Crippen LogP contribution < -0.4 is 78.8 Å². The number of amides is 11. The lowest BCUT2D eigenvalue weighted by molar-refractivity contribution is -0.128. The van der Waals surface area contributed by atoms with E-state index in [1.807, 2.05) is 24.3 Å². The minimum atomic E-state index is -0.562. The monoisotopic (exact) mass is 1770 g/mol. The van der Waals surface area contributed by atoms with E-state index in [2.05, 4.69) is 53.2 Å². The van der Waals surface area contributed by atoms with Gasteiger partial charge in [-0.2, -0.15) is 0 Å². The van der Waals surface area contributed by atoms with E-state index < -0.39 is 11.9 Å². The zero-order valence-electron chi connectivity index (χ0n) is 70.7. The molecule has 0 radical (unpaired) electrons. The lowest BCUT2D eigenvalue weighted by Gasteiger charge is -2.17. The molecule has 0 saturated carbocycles. The molecule has 14 N–H and O–H groups in total. The molecule has 0 heterocycles. The highest BCUT2D eigenvalue weighted by molar-refractivity contribution is 5.80. The van der Waals surface area contributed by atoms with E-state index in [4.69, 9.17) is 120 Å². The maximum atomic E-state index is 12.3. The molecule has 2 rings (SSSR count). The highest BCUT2D eigenvalue weighted by atomic mass is 16.6. The Morgan fingerprint density at radius 3 is 0.642 bits per heavy atom. The van der Waals surface area contributed by atoms with Gasteiger partial charge in [0.25, 0.3) is 5.91 Å². The van der Waals surface area contributed by atoms with E-state index >= 15 is 0 Å². The third-order valence-corrected chi connectivity index (χ3v) is 15.1. The molecule has 46 nitrogen and oxygen atoms in total. The van der Waals surface area contributed by atoms with Gasteiger partial charge in [0.2, 0.25) is 59.1 Å². The van der Waals surface area contributed by atoms with Crippen molar-refractivity contribution in [2.75, 3.05) is 351 Å². The second kappa shape index (κ2) is 80.3. The minimum Gasteiger partial charge on any atom is -0.497 e. The van der Waals surface area contributed by atoms with Crippen molar-refractivity contribution in [2.24, 2.45) is 11.5 Å². The molecule has 0 aliphatic heterocycles. The molecule has 46 heteroatoms. The molecule has 2 aromatic carbocycles. The summed E-state index contributed by atoms with van der Waals surface area (Å²) in [7, 11) is 3.15. The third-order valence-electron chi connectivity index (χ3n) is 15.1. The van der Waals surface area contributed by atoms with Gasteiger partial charge in [0.15, 0.2) is 6.61 Å². The number of rotatable bonds is 87. The van der Waals surface area contributed by atoms with Crippen LogP contribution in [0.3, 0.4) is 0 Å². The molecule has 1 unspecified atom stereocenters. The van der Waals surface area contributed by atoms with E-state index in [0.717, 1.165) is 11.1 Å². The summed E-state index contributed by atoms with van der Waals surface area (Å²) in [5, 5.41) is 26.6. The summed E-state index contributed by atoms with van der Waals surface area (Å²) >= 11 is 0. The molecule has 0 aromatic heterocycles. The minimum absolute atomic E-state index is 0.145. The highest BCUT2D eigenvalue weighted by Gasteiger charge is 2.17. The predicted octanol–water partition coefficient (Wildman–Crippen LogP) is -6.89. The first-order valence-electron chi connectivity index (χ1n) is 40.2. The molecular weight excluding hydrogens is 1640 g/mol. The number of ether oxygens (including phenoxy) is 23. The first-order valence-corrected chi connectivity index (χ1v) is 40.2. The summed E-state index contributed by atoms with van der Waals surface area (Å²) in [4.78, 5) is 131. The fourth-order valence-corrected chi connectivity index (χ4v) is 9.17. The summed E-state index contributed by atoms with van der Waals surface area (Å²) in [5.41, 5.74) is 13.1. The highest BCUT2D eigenvalue weighted by Crippen LogP contribution is 2.32. The lowest BCUT2D eigenvalue weighted by atomic mass is 9.98. The van der Waals surface area contributed by atoms with Crippen LogP contribution in [0.15, 0.2) is 42.5 Å². The molecule has 2 aromatic rings. The Kier molecular flexibility index (Phi) is 72.0. The number of nitrogens with two attached hydrogens (primary N) is 2. The van der Waals surface area contributed by atoms with Crippen molar-refractivity contribution in [1.82, 2.24) is 53.2 Å². The number of methoxy groups -OCH3 is 2. The summed E-state index contributed by atoms with van der Waals surface area (Å²) < 4.78 is 123. The van der Waals surface area contributed by atoms with Gasteiger partial charge in [0.1, 0.15) is 83.3 Å². The maximum Gasteiger partial charge on any atom is 0.258 e. The summed E-state index contributed by atoms with van der Waals surface area (Å²) in [5.74, 6) is -2.13. The Hall–Kier alpha value is -8.83. The fourth-order valence-electron chi connectivity index (χ4n) is 9.17. The second-order valence-corrected chi connectivity index (χ2v) is 25.1. The molecule has 702 valence electrons. The van der Waals surface area contributed by atoms with Crippen LogP contribution in [0.4, 0.5) is 0 Å². The van der Waals surface area contributed by atoms with Crippen LogP contribution >= 0.6 is 0 Å². The fraction of sp³-hybridized carbons (Fsp3) is 0.701. The molecular formula is C77H130N12O34. The molecule has 1 atom stereocenters. The van der Waals surface area contributed by atoms with Gasteiger partial charge in [0, 0.05) is 77.1 Å². The maximum absolute atomic E-state index is 12.3. The average Bonchev–Trinajstić information content (AvgIpc) is 0.822. The standard InChI is InChI=1S/C77H130N12O34/c1-101-63-7-8-64(65(49-63)102-2)77(79)61-3-5-62(6-4-61)123-60-76(100)89-18-28-112-38-48-122-59-75(99)88-17-27-111-37-47-121-58-74(98)87-16-26-110-36-46-120-57-73(97)86-15-25-109-35-45-119-56-72(96)85-14-24-108-34-44-118-55-71(95)84-13-23-107-33-43-117-54-70(94)83-12-22-106-32-42-116-53-69(93)82-11-21-105-31-41-115-52-68(92)81-10-20-104-30-40-114-51-67(91)80-9-19-103-29-39-113-50-66(78)90/h3-8,49,77H,9-48,50-60,79H2,1-2H3,(H2,78,90)(H,80,91)(H,81,92)(H,82,93)(H,83,94)(H,84,95)(H,85,96)(H,86,97)(H,87,98)(H,88,99)(H,89,100). The quantitative estimate of drug-likeness (QED) is 0.0274. The van der Waals surface area contributed by atoms with Gasteiger partial charge in [-0.3, -0.25) is 52.7 Å². The Morgan fingerprint density at radius 1 is 0.244 bits per heavy atom. The van der Waals surface area contributed by atoms with Gasteiger partial charge in [-0.05, 0) is 29.8 Å². The van der Waals surface area contributed by atoms with Gasteiger partial charge in [-0.25, -0.2) is 0 Å². The van der Waals surface area contributed by atoms with Crippen LogP contribution in [0.1, 0.15) is 17.2 Å². The zero-order valence-corrected chi connectivity index (χ0v) is 70.7. The predicted molar refractivity (Wildman–Crippen MR) is 433 cm³/mol. The number of hydrogen-bond acceptors (Lipinski definition) is 35. The van der Waals surface area contributed by atoms with E-state index in [1.165, 1.54) is 0 Å². The van der Waals surface area contributed by atoms with Crippen molar-refractivity contribution in [3.63, 3.8) is 0 Å². The van der Waals surface area contributed by atoms with Crippen LogP contribution in [-0.2, 0) is 147 Å². The van der Waals surface area contributed by atoms with Crippen molar-refractivity contribution in [3.05, 3.63) is 53.6 Å². The smallest absolute Gasteiger partial charge is 0.258 e. The van der Waals surface area contributed by atoms with Crippen LogP contribution in [-0.4, -0.2) is 416 Å². The summed E-state index contributed by atoms with van der Waals surface area (Å²) in [6, 6.07) is 12.1. The molecule has 11 amide bonds. The SMILES string of the molecule is COc1ccc(C(N)c2ccc(OCC(=O)NCCOCCOCC(=O)NCCOCCOCC(=O)NCCOCCOCC(=O)NCCOCCOCC(=O)NCCOCCOCC(=O)NCCOCCOCC(=O)NCCOCCOCC(=O)NCCOCCOCC(=O)NCCOCCOCC(=O)NCCOCCOCC(N)=O)cc2)c(OC)c1. The molecule has 123 heavy (non-hydrogen) atoms. The average molecular weight is 1770 g/mol. The van der Waals surface area contributed by atoms with Crippen molar-refractivity contribution < 1.29 is 162 Å². The Morgan fingerprint density at radius 2 is 0.439 bits per heavy atom. The lowest BCUT2D eigenvalue weighted by Crippen LogP contribution is -2.33. The zero-order chi connectivity index (χ0) is 89.2. The Labute approximate surface area is 716 Å². The van der Waals surface area contributed by atoms with Gasteiger partial charge < -0.3 is 174 Å². The second-order valence-electron chi connectivity index (χ2n) is 25.1. The van der Waals surface area contributed by atoms with Gasteiger partial charge >= 0.3 is 0 Å². The number of carbonyl (C=O) groups is 11. The van der Waals surface area contributed by atoms with Gasteiger partial charge in [-0.1, -0.05) is 12.1 Å².